The predicted octanol–water partition coefficient (Wildman–Crippen LogP) is 2.57. The van der Waals surface area contributed by atoms with Gasteiger partial charge in [-0.3, -0.25) is 4.79 Å². The molecule has 2 aliphatic rings. The maximum absolute atomic E-state index is 11.6. The average molecular weight is 164 g/mol. The van der Waals surface area contributed by atoms with Gasteiger partial charge in [-0.05, 0) is 24.2 Å². The van der Waals surface area contributed by atoms with E-state index in [-0.39, 0.29) is 11.3 Å². The van der Waals surface area contributed by atoms with E-state index in [0.29, 0.717) is 11.7 Å². The highest BCUT2D eigenvalue weighted by atomic mass is 16.1. The molecule has 0 saturated heterocycles. The van der Waals surface area contributed by atoms with Crippen LogP contribution < -0.4 is 0 Å². The molecule has 0 bridgehead atoms. The molecule has 0 aromatic rings. The lowest BCUT2D eigenvalue weighted by Crippen LogP contribution is -2.44. The van der Waals surface area contributed by atoms with Crippen molar-refractivity contribution in [2.24, 2.45) is 17.3 Å². The van der Waals surface area contributed by atoms with Gasteiger partial charge in [0, 0.05) is 12.3 Å². The minimum absolute atomic E-state index is 0.248. The van der Waals surface area contributed by atoms with Crippen LogP contribution in [0, 0.1) is 17.3 Å². The maximum Gasteiger partial charge on any atom is 0.140 e. The summed E-state index contributed by atoms with van der Waals surface area (Å²) >= 11 is 0. The van der Waals surface area contributed by atoms with Crippen molar-refractivity contribution in [2.45, 2.75) is 33.1 Å². The van der Waals surface area contributed by atoms with Gasteiger partial charge in [-0.15, -0.1) is 0 Å². The van der Waals surface area contributed by atoms with Crippen molar-refractivity contribution < 1.29 is 4.79 Å². The first-order valence-corrected chi connectivity index (χ1v) is 4.70. The smallest absolute Gasteiger partial charge is 0.140 e. The summed E-state index contributed by atoms with van der Waals surface area (Å²) in [7, 11) is 0. The van der Waals surface area contributed by atoms with Crippen LogP contribution in [0.15, 0.2) is 12.2 Å². The molecular formula is C11H16O. The Morgan fingerprint density at radius 3 is 2.67 bits per heavy atom. The Bertz CT molecular complexity index is 250. The predicted molar refractivity (Wildman–Crippen MR) is 48.8 cm³/mol. The van der Waals surface area contributed by atoms with Gasteiger partial charge in [0.15, 0.2) is 0 Å². The fourth-order valence-corrected chi connectivity index (χ4v) is 2.80. The summed E-state index contributed by atoms with van der Waals surface area (Å²) in [4.78, 5) is 11.6. The Balaban J connectivity index is 2.17. The molecule has 0 spiro atoms. The van der Waals surface area contributed by atoms with Gasteiger partial charge in [0.2, 0.25) is 0 Å². The summed E-state index contributed by atoms with van der Waals surface area (Å²) < 4.78 is 0. The van der Waals surface area contributed by atoms with Gasteiger partial charge < -0.3 is 0 Å². The van der Waals surface area contributed by atoms with Crippen molar-refractivity contribution in [3.05, 3.63) is 12.2 Å². The number of fused-ring (bicyclic) bond motifs is 1. The van der Waals surface area contributed by atoms with Crippen LogP contribution in [0.5, 0.6) is 0 Å². The van der Waals surface area contributed by atoms with Crippen LogP contribution in [-0.4, -0.2) is 5.78 Å². The highest BCUT2D eigenvalue weighted by molar-refractivity contribution is 5.87. The minimum atomic E-state index is 0.248. The van der Waals surface area contributed by atoms with E-state index in [2.05, 4.69) is 20.4 Å². The highest BCUT2D eigenvalue weighted by Crippen LogP contribution is 2.51. The molecule has 66 valence electrons. The van der Waals surface area contributed by atoms with Crippen molar-refractivity contribution in [2.75, 3.05) is 0 Å². The van der Waals surface area contributed by atoms with Gasteiger partial charge in [0.1, 0.15) is 5.78 Å². The fraction of sp³-hybridized carbons (Fsp3) is 0.727. The van der Waals surface area contributed by atoms with Crippen molar-refractivity contribution in [1.82, 2.24) is 0 Å². The van der Waals surface area contributed by atoms with Crippen LogP contribution in [0.2, 0.25) is 0 Å². The molecule has 2 aliphatic carbocycles. The van der Waals surface area contributed by atoms with Crippen molar-refractivity contribution in [3.8, 4) is 0 Å². The van der Waals surface area contributed by atoms with E-state index >= 15 is 0 Å². The van der Waals surface area contributed by atoms with Gasteiger partial charge >= 0.3 is 0 Å². The normalized spacial score (nSPS) is 38.8. The third kappa shape index (κ3) is 1.03. The first-order valence-electron chi connectivity index (χ1n) is 4.70. The van der Waals surface area contributed by atoms with Crippen LogP contribution >= 0.6 is 0 Å². The fourth-order valence-electron chi connectivity index (χ4n) is 2.80. The molecule has 0 aromatic heterocycles. The van der Waals surface area contributed by atoms with Gasteiger partial charge in [0.05, 0.1) is 0 Å². The molecule has 1 heteroatoms. The Hall–Kier alpha value is -0.590. The van der Waals surface area contributed by atoms with Crippen LogP contribution in [0.1, 0.15) is 33.1 Å². The van der Waals surface area contributed by atoms with E-state index in [1.54, 1.807) is 0 Å². The topological polar surface area (TPSA) is 17.1 Å². The molecule has 0 heterocycles. The lowest BCUT2D eigenvalue weighted by Gasteiger charge is -2.47. The molecule has 0 radical (unpaired) electrons. The Labute approximate surface area is 73.8 Å². The Morgan fingerprint density at radius 2 is 2.17 bits per heavy atom. The zero-order chi connectivity index (χ0) is 8.93. The zero-order valence-corrected chi connectivity index (χ0v) is 7.89. The van der Waals surface area contributed by atoms with E-state index < -0.39 is 0 Å². The van der Waals surface area contributed by atoms with E-state index in [1.807, 2.05) is 0 Å². The molecule has 2 fully saturated rings. The molecule has 1 nitrogen and oxygen atoms in total. The first kappa shape index (κ1) is 8.03. The molecule has 0 aromatic carbocycles. The summed E-state index contributed by atoms with van der Waals surface area (Å²) in [6.45, 7) is 8.32. The van der Waals surface area contributed by atoms with Crippen molar-refractivity contribution >= 4 is 5.78 Å². The average Bonchev–Trinajstić information content (AvgIpc) is 1.80. The highest BCUT2D eigenvalue weighted by Gasteiger charge is 2.47. The van der Waals surface area contributed by atoms with E-state index in [1.165, 1.54) is 12.0 Å². The summed E-state index contributed by atoms with van der Waals surface area (Å²) in [5, 5.41) is 0. The minimum Gasteiger partial charge on any atom is -0.299 e. The molecule has 0 amide bonds. The molecule has 0 unspecified atom stereocenters. The van der Waals surface area contributed by atoms with Crippen LogP contribution in [0.25, 0.3) is 0 Å². The molecular weight excluding hydrogens is 148 g/mol. The largest absolute Gasteiger partial charge is 0.299 e. The molecule has 0 aliphatic heterocycles. The third-order valence-corrected chi connectivity index (χ3v) is 3.25. The number of hydrogen-bond donors (Lipinski definition) is 0. The van der Waals surface area contributed by atoms with Gasteiger partial charge in [0.25, 0.3) is 0 Å². The standard InChI is InChI=1S/C11H16O/c1-7-4-8-5-11(2,3)6-9(12)10(7)8/h8,10H,1,4-6H2,2-3H3/t8-,10-/m1/s1. The molecule has 0 N–H and O–H groups in total. The second-order valence-corrected chi connectivity index (χ2v) is 5.11. The molecule has 2 atom stereocenters. The zero-order valence-electron chi connectivity index (χ0n) is 7.89. The summed E-state index contributed by atoms with van der Waals surface area (Å²) in [6, 6.07) is 0. The maximum atomic E-state index is 11.6. The number of carbonyl (C=O) groups excluding carboxylic acids is 1. The number of hydrogen-bond acceptors (Lipinski definition) is 1. The number of rotatable bonds is 0. The van der Waals surface area contributed by atoms with Crippen molar-refractivity contribution in [3.63, 3.8) is 0 Å². The molecule has 2 rings (SSSR count). The molecule has 2 saturated carbocycles. The first-order chi connectivity index (χ1) is 5.49. The summed E-state index contributed by atoms with van der Waals surface area (Å²) in [6.07, 6.45) is 3.06. The third-order valence-electron chi connectivity index (χ3n) is 3.25. The Kier molecular flexibility index (Phi) is 1.48. The second kappa shape index (κ2) is 2.21. The number of carbonyl (C=O) groups is 1. The van der Waals surface area contributed by atoms with Gasteiger partial charge in [-0.2, -0.15) is 0 Å². The quantitative estimate of drug-likeness (QED) is 0.503. The summed E-state index contributed by atoms with van der Waals surface area (Å²) in [5.74, 6) is 1.32. The molecule has 12 heavy (non-hydrogen) atoms. The Morgan fingerprint density at radius 1 is 1.50 bits per heavy atom. The number of Topliss-reactive ketones (excluding diaryl/α,β-unsaturated/α-hetero) is 1. The van der Waals surface area contributed by atoms with E-state index in [4.69, 9.17) is 0 Å². The number of allylic oxidation sites excluding steroid dienone is 1. The monoisotopic (exact) mass is 164 g/mol. The summed E-state index contributed by atoms with van der Waals surface area (Å²) in [5.41, 5.74) is 1.43. The number of ketones is 1. The van der Waals surface area contributed by atoms with Gasteiger partial charge in [-0.1, -0.05) is 26.0 Å². The van der Waals surface area contributed by atoms with Crippen LogP contribution in [-0.2, 0) is 4.79 Å². The van der Waals surface area contributed by atoms with Crippen LogP contribution in [0.4, 0.5) is 0 Å². The lowest BCUT2D eigenvalue weighted by atomic mass is 9.56. The second-order valence-electron chi connectivity index (χ2n) is 5.11. The van der Waals surface area contributed by atoms with Crippen LogP contribution in [0.3, 0.4) is 0 Å². The lowest BCUT2D eigenvalue weighted by molar-refractivity contribution is -0.131. The van der Waals surface area contributed by atoms with E-state index in [0.717, 1.165) is 12.8 Å². The van der Waals surface area contributed by atoms with Gasteiger partial charge in [-0.25, -0.2) is 0 Å². The SMILES string of the molecule is C=C1C[C@@H]2CC(C)(C)CC(=O)[C@H]12. The van der Waals surface area contributed by atoms with Crippen molar-refractivity contribution in [1.29, 1.82) is 0 Å². The van der Waals surface area contributed by atoms with E-state index in [9.17, 15) is 4.79 Å².